The number of aliphatic hydroxyl groups is 2. The van der Waals surface area contributed by atoms with Crippen molar-refractivity contribution in [1.29, 1.82) is 0 Å². The van der Waals surface area contributed by atoms with Gasteiger partial charge in [-0.05, 0) is 105 Å². The zero-order valence-corrected chi connectivity index (χ0v) is 25.3. The van der Waals surface area contributed by atoms with E-state index in [2.05, 4.69) is 19.9 Å². The van der Waals surface area contributed by atoms with Crippen LogP contribution in [0.4, 0.5) is 0 Å². The van der Waals surface area contributed by atoms with Crippen molar-refractivity contribution in [2.75, 3.05) is 6.61 Å². The summed E-state index contributed by atoms with van der Waals surface area (Å²) in [6.45, 7) is 4.42. The fourth-order valence-electron chi connectivity index (χ4n) is 8.00. The Hall–Kier alpha value is -1.59. The molecule has 5 nitrogen and oxygen atoms in total. The number of carbonyl (C=O) groups excluding carboxylic acids is 1. The highest BCUT2D eigenvalue weighted by Gasteiger charge is 2.44. The van der Waals surface area contributed by atoms with Gasteiger partial charge >= 0.3 is 5.97 Å². The van der Waals surface area contributed by atoms with E-state index in [0.29, 0.717) is 11.8 Å². The molecular formula is C35H56O5. The van der Waals surface area contributed by atoms with Crippen LogP contribution in [0.15, 0.2) is 18.2 Å². The maximum absolute atomic E-state index is 12.8. The van der Waals surface area contributed by atoms with Crippen LogP contribution in [0.5, 0.6) is 5.75 Å². The van der Waals surface area contributed by atoms with Crippen LogP contribution in [-0.4, -0.2) is 41.1 Å². The molecule has 2 N–H and O–H groups in total. The molecule has 1 aromatic rings. The molecule has 3 aliphatic carbocycles. The third-order valence-electron chi connectivity index (χ3n) is 10.2. The Kier molecular flexibility index (Phi) is 12.7. The lowest BCUT2D eigenvalue weighted by Crippen LogP contribution is -2.28. The largest absolute Gasteiger partial charge is 0.482 e. The maximum Gasteiger partial charge on any atom is 0.344 e. The van der Waals surface area contributed by atoms with Crippen molar-refractivity contribution in [3.05, 3.63) is 29.3 Å². The summed E-state index contributed by atoms with van der Waals surface area (Å²) in [5.74, 6) is 2.51. The SMILES string of the molecule is CCCCCC(O)CCC1C(O)CC2Cc3c(cccc3OCC(=O)OC3CCCCC(CCC)CCC3)CC21. The van der Waals surface area contributed by atoms with E-state index in [0.717, 1.165) is 82.3 Å². The van der Waals surface area contributed by atoms with Gasteiger partial charge in [0.15, 0.2) is 6.61 Å². The van der Waals surface area contributed by atoms with Crippen LogP contribution < -0.4 is 4.74 Å². The topological polar surface area (TPSA) is 76.0 Å². The number of ether oxygens (including phenoxy) is 2. The molecule has 0 aliphatic heterocycles. The van der Waals surface area contributed by atoms with Crippen LogP contribution in [0.3, 0.4) is 0 Å². The second-order valence-corrected chi connectivity index (χ2v) is 13.2. The predicted molar refractivity (Wildman–Crippen MR) is 160 cm³/mol. The summed E-state index contributed by atoms with van der Waals surface area (Å²) in [6, 6.07) is 6.19. The molecule has 2 saturated carbocycles. The van der Waals surface area contributed by atoms with Crippen molar-refractivity contribution in [3.63, 3.8) is 0 Å². The fourth-order valence-corrected chi connectivity index (χ4v) is 8.00. The summed E-state index contributed by atoms with van der Waals surface area (Å²) in [5.41, 5.74) is 2.49. The first kappa shape index (κ1) is 31.3. The van der Waals surface area contributed by atoms with Gasteiger partial charge in [0.1, 0.15) is 11.9 Å². The molecule has 5 heteroatoms. The van der Waals surface area contributed by atoms with Crippen molar-refractivity contribution in [1.82, 2.24) is 0 Å². The summed E-state index contributed by atoms with van der Waals surface area (Å²) < 4.78 is 12.0. The summed E-state index contributed by atoms with van der Waals surface area (Å²) in [5, 5.41) is 21.4. The second-order valence-electron chi connectivity index (χ2n) is 13.2. The molecular weight excluding hydrogens is 500 g/mol. The lowest BCUT2D eigenvalue weighted by atomic mass is 9.73. The summed E-state index contributed by atoms with van der Waals surface area (Å²) in [7, 11) is 0. The third-order valence-corrected chi connectivity index (χ3v) is 10.2. The van der Waals surface area contributed by atoms with Gasteiger partial charge in [-0.3, -0.25) is 0 Å². The number of esters is 1. The predicted octanol–water partition coefficient (Wildman–Crippen LogP) is 7.57. The molecule has 0 amide bonds. The first-order valence-corrected chi connectivity index (χ1v) is 16.8. The van der Waals surface area contributed by atoms with Gasteiger partial charge in [0.25, 0.3) is 0 Å². The Morgan fingerprint density at radius 3 is 2.60 bits per heavy atom. The number of aliphatic hydroxyl groups excluding tert-OH is 2. The number of carbonyl (C=O) groups is 1. The first-order chi connectivity index (χ1) is 19.5. The Bertz CT molecular complexity index is 900. The molecule has 4 rings (SSSR count). The highest BCUT2D eigenvalue weighted by Crippen LogP contribution is 2.48. The zero-order chi connectivity index (χ0) is 28.3. The summed E-state index contributed by atoms with van der Waals surface area (Å²) in [4.78, 5) is 12.8. The highest BCUT2D eigenvalue weighted by atomic mass is 16.6. The number of hydrogen-bond acceptors (Lipinski definition) is 5. The van der Waals surface area contributed by atoms with Crippen molar-refractivity contribution in [3.8, 4) is 5.75 Å². The van der Waals surface area contributed by atoms with E-state index in [4.69, 9.17) is 9.47 Å². The van der Waals surface area contributed by atoms with Crippen molar-refractivity contribution in [2.24, 2.45) is 23.7 Å². The van der Waals surface area contributed by atoms with E-state index in [1.165, 1.54) is 56.1 Å². The quantitative estimate of drug-likeness (QED) is 0.194. The molecule has 0 aromatic heterocycles. The van der Waals surface area contributed by atoms with Gasteiger partial charge in [-0.2, -0.15) is 0 Å². The molecule has 7 atom stereocenters. The van der Waals surface area contributed by atoms with Gasteiger partial charge in [-0.25, -0.2) is 4.79 Å². The van der Waals surface area contributed by atoms with Crippen LogP contribution in [-0.2, 0) is 22.4 Å². The van der Waals surface area contributed by atoms with E-state index in [9.17, 15) is 15.0 Å². The third kappa shape index (κ3) is 8.95. The van der Waals surface area contributed by atoms with Crippen LogP contribution >= 0.6 is 0 Å². The zero-order valence-electron chi connectivity index (χ0n) is 25.3. The number of unbranched alkanes of at least 4 members (excludes halogenated alkanes) is 2. The second kappa shape index (κ2) is 16.2. The Morgan fingerprint density at radius 1 is 0.975 bits per heavy atom. The van der Waals surface area contributed by atoms with Gasteiger partial charge in [-0.15, -0.1) is 0 Å². The Morgan fingerprint density at radius 2 is 1.77 bits per heavy atom. The van der Waals surface area contributed by atoms with Crippen molar-refractivity contribution >= 4 is 5.97 Å². The van der Waals surface area contributed by atoms with E-state index in [-0.39, 0.29) is 36.8 Å². The Balaban J connectivity index is 1.27. The molecule has 0 radical (unpaired) electrons. The number of fused-ring (bicyclic) bond motifs is 2. The average Bonchev–Trinajstić information content (AvgIpc) is 3.29. The van der Waals surface area contributed by atoms with Crippen LogP contribution in [0.1, 0.15) is 128 Å². The smallest absolute Gasteiger partial charge is 0.344 e. The molecule has 0 bridgehead atoms. The van der Waals surface area contributed by atoms with Gasteiger partial charge in [-0.1, -0.05) is 77.3 Å². The van der Waals surface area contributed by atoms with Crippen LogP contribution in [0.25, 0.3) is 0 Å². The van der Waals surface area contributed by atoms with E-state index < -0.39 is 0 Å². The molecule has 0 spiro atoms. The molecule has 40 heavy (non-hydrogen) atoms. The average molecular weight is 557 g/mol. The fraction of sp³-hybridized carbons (Fsp3) is 0.800. The Labute approximate surface area is 243 Å². The minimum absolute atomic E-state index is 0.0176. The van der Waals surface area contributed by atoms with Gasteiger partial charge in [0, 0.05) is 0 Å². The van der Waals surface area contributed by atoms with Crippen LogP contribution in [0.2, 0.25) is 0 Å². The lowest BCUT2D eigenvalue weighted by molar-refractivity contribution is -0.152. The number of rotatable bonds is 13. The van der Waals surface area contributed by atoms with E-state index in [1.54, 1.807) is 0 Å². The number of benzene rings is 1. The standard InChI is InChI=1S/C35H56O5/c1-3-5-6-15-28(36)19-20-30-31-21-26-14-10-18-34(32(26)22-27(31)23-33(30)37)39-24-35(38)40-29-16-8-7-12-25(11-4-2)13-9-17-29/h10,14,18,25,27-31,33,36-37H,3-9,11-13,15-17,19-24H2,1-2H3. The molecule has 7 unspecified atom stereocenters. The maximum atomic E-state index is 12.8. The molecule has 0 heterocycles. The summed E-state index contributed by atoms with van der Waals surface area (Å²) in [6.07, 6.45) is 18.7. The molecule has 1 aromatic carbocycles. The normalized spacial score (nSPS) is 29.4. The van der Waals surface area contributed by atoms with Gasteiger partial charge < -0.3 is 19.7 Å². The monoisotopic (exact) mass is 556 g/mol. The minimum Gasteiger partial charge on any atom is -0.482 e. The van der Waals surface area contributed by atoms with Crippen molar-refractivity contribution < 1.29 is 24.5 Å². The lowest BCUT2D eigenvalue weighted by Gasteiger charge is -2.32. The molecule has 0 saturated heterocycles. The van der Waals surface area contributed by atoms with Gasteiger partial charge in [0.05, 0.1) is 12.2 Å². The molecule has 3 aliphatic rings. The molecule has 226 valence electrons. The van der Waals surface area contributed by atoms with Crippen molar-refractivity contribution in [2.45, 2.75) is 148 Å². The van der Waals surface area contributed by atoms with E-state index in [1.807, 2.05) is 12.1 Å². The van der Waals surface area contributed by atoms with Gasteiger partial charge in [0.2, 0.25) is 0 Å². The number of hydrogen-bond donors (Lipinski definition) is 2. The van der Waals surface area contributed by atoms with E-state index >= 15 is 0 Å². The first-order valence-electron chi connectivity index (χ1n) is 16.8. The molecule has 2 fully saturated rings. The highest BCUT2D eigenvalue weighted by molar-refractivity contribution is 5.71. The summed E-state index contributed by atoms with van der Waals surface area (Å²) >= 11 is 0. The van der Waals surface area contributed by atoms with Crippen LogP contribution in [0, 0.1) is 23.7 Å². The minimum atomic E-state index is -0.295.